The van der Waals surface area contributed by atoms with Crippen LogP contribution in [-0.4, -0.2) is 68.5 Å². The van der Waals surface area contributed by atoms with Gasteiger partial charge < -0.3 is 20.0 Å². The van der Waals surface area contributed by atoms with E-state index in [1.807, 2.05) is 6.92 Å². The minimum Gasteiger partial charge on any atom is -0.443 e. The maximum Gasteiger partial charge on any atom is 0.216 e. The van der Waals surface area contributed by atoms with Crippen molar-refractivity contribution in [2.45, 2.75) is 58.5 Å². The van der Waals surface area contributed by atoms with Gasteiger partial charge in [0.15, 0.2) is 5.96 Å². The van der Waals surface area contributed by atoms with E-state index < -0.39 is 9.84 Å². The number of sulfone groups is 1. The third kappa shape index (κ3) is 9.65. The fraction of sp³-hybridized carbons (Fsp3) is 0.789. The van der Waals surface area contributed by atoms with Crippen molar-refractivity contribution < 1.29 is 12.8 Å². The summed E-state index contributed by atoms with van der Waals surface area (Å²) in [6.45, 7) is 11.9. The molecule has 2 rings (SSSR count). The van der Waals surface area contributed by atoms with E-state index in [2.05, 4.69) is 46.3 Å². The zero-order valence-corrected chi connectivity index (χ0v) is 21.3. The molecule has 1 saturated heterocycles. The van der Waals surface area contributed by atoms with Crippen LogP contribution in [0.3, 0.4) is 0 Å². The monoisotopic (exact) mass is 541 g/mol. The van der Waals surface area contributed by atoms with Crippen LogP contribution in [0.15, 0.2) is 15.6 Å². The molecule has 0 saturated carbocycles. The van der Waals surface area contributed by atoms with Crippen molar-refractivity contribution in [3.05, 3.63) is 17.8 Å². The number of halogens is 1. The molecular formula is C19H36IN5O3S. The maximum atomic E-state index is 11.3. The molecule has 2 N–H and O–H groups in total. The first-order valence-corrected chi connectivity index (χ1v) is 12.0. The highest BCUT2D eigenvalue weighted by molar-refractivity contribution is 14.0. The Bertz CT molecular complexity index is 750. The first-order valence-electron chi connectivity index (χ1n) is 9.97. The van der Waals surface area contributed by atoms with Crippen LogP contribution in [-0.2, 0) is 21.8 Å². The quantitative estimate of drug-likeness (QED) is 0.310. The lowest BCUT2D eigenvalue weighted by Crippen LogP contribution is -2.49. The van der Waals surface area contributed by atoms with Gasteiger partial charge in [0.2, 0.25) is 5.89 Å². The van der Waals surface area contributed by atoms with E-state index in [1.165, 1.54) is 6.26 Å². The SMILES string of the molecule is CCNC(=NCc1ncc(C(C)(C)C)o1)NC1CCN(CCS(C)(=O)=O)CC1.I. The lowest BCUT2D eigenvalue weighted by Gasteiger charge is -2.32. The van der Waals surface area contributed by atoms with Gasteiger partial charge in [-0.25, -0.2) is 18.4 Å². The predicted octanol–water partition coefficient (Wildman–Crippen LogP) is 2.15. The number of nitrogens with one attached hydrogen (secondary N) is 2. The molecule has 0 aliphatic carbocycles. The molecule has 29 heavy (non-hydrogen) atoms. The molecular weight excluding hydrogens is 505 g/mol. The summed E-state index contributed by atoms with van der Waals surface area (Å²) in [6.07, 6.45) is 4.99. The number of likely N-dealkylation sites (tertiary alicyclic amines) is 1. The molecule has 0 atom stereocenters. The maximum absolute atomic E-state index is 11.3. The van der Waals surface area contributed by atoms with Crippen molar-refractivity contribution in [1.29, 1.82) is 0 Å². The lowest BCUT2D eigenvalue weighted by molar-refractivity contribution is 0.216. The smallest absolute Gasteiger partial charge is 0.216 e. The van der Waals surface area contributed by atoms with Crippen LogP contribution in [0.5, 0.6) is 0 Å². The van der Waals surface area contributed by atoms with E-state index >= 15 is 0 Å². The predicted molar refractivity (Wildman–Crippen MR) is 128 cm³/mol. The molecule has 1 fully saturated rings. The third-order valence-corrected chi connectivity index (χ3v) is 5.64. The number of aliphatic imine (C=N–C) groups is 1. The highest BCUT2D eigenvalue weighted by atomic mass is 127. The largest absolute Gasteiger partial charge is 0.443 e. The zero-order chi connectivity index (χ0) is 20.8. The summed E-state index contributed by atoms with van der Waals surface area (Å²) in [5, 5.41) is 6.75. The topological polar surface area (TPSA) is 99.8 Å². The van der Waals surface area contributed by atoms with Crippen LogP contribution < -0.4 is 10.6 Å². The van der Waals surface area contributed by atoms with Crippen LogP contribution in [0.4, 0.5) is 0 Å². The van der Waals surface area contributed by atoms with E-state index in [-0.39, 0.29) is 35.1 Å². The van der Waals surface area contributed by atoms with Gasteiger partial charge in [-0.3, -0.25) is 0 Å². The van der Waals surface area contributed by atoms with Crippen molar-refractivity contribution in [3.8, 4) is 0 Å². The average Bonchev–Trinajstić information content (AvgIpc) is 3.08. The molecule has 1 aliphatic heterocycles. The highest BCUT2D eigenvalue weighted by Gasteiger charge is 2.21. The number of guanidine groups is 1. The first kappa shape index (κ1) is 26.2. The molecule has 0 spiro atoms. The Kier molecular flexibility index (Phi) is 10.4. The molecule has 168 valence electrons. The number of hydrogen-bond acceptors (Lipinski definition) is 6. The summed E-state index contributed by atoms with van der Waals surface area (Å²) in [5.74, 6) is 2.45. The Hall–Kier alpha value is -0.880. The second-order valence-electron chi connectivity index (χ2n) is 8.45. The number of aromatic nitrogens is 1. The number of piperidine rings is 1. The van der Waals surface area contributed by atoms with Crippen LogP contribution in [0.1, 0.15) is 52.2 Å². The molecule has 0 radical (unpaired) electrons. The fourth-order valence-corrected chi connectivity index (χ4v) is 3.58. The van der Waals surface area contributed by atoms with E-state index in [0.29, 0.717) is 25.0 Å². The number of hydrogen-bond donors (Lipinski definition) is 2. The minimum atomic E-state index is -2.91. The van der Waals surface area contributed by atoms with Crippen molar-refractivity contribution in [3.63, 3.8) is 0 Å². The van der Waals surface area contributed by atoms with Gasteiger partial charge in [0.05, 0.1) is 11.9 Å². The second-order valence-corrected chi connectivity index (χ2v) is 10.7. The Balaban J connectivity index is 0.00000420. The summed E-state index contributed by atoms with van der Waals surface area (Å²) in [5.41, 5.74) is -0.0667. The fourth-order valence-electron chi connectivity index (χ4n) is 2.99. The third-order valence-electron chi connectivity index (χ3n) is 4.72. The molecule has 10 heteroatoms. The van der Waals surface area contributed by atoms with Gasteiger partial charge in [0, 0.05) is 43.9 Å². The lowest BCUT2D eigenvalue weighted by atomic mass is 9.94. The first-order chi connectivity index (χ1) is 13.1. The van der Waals surface area contributed by atoms with Crippen LogP contribution in [0.2, 0.25) is 0 Å². The number of oxazole rings is 1. The van der Waals surface area contributed by atoms with Gasteiger partial charge in [0.1, 0.15) is 22.1 Å². The Morgan fingerprint density at radius 1 is 1.34 bits per heavy atom. The highest BCUT2D eigenvalue weighted by Crippen LogP contribution is 2.22. The summed E-state index contributed by atoms with van der Waals surface area (Å²) in [4.78, 5) is 11.1. The van der Waals surface area contributed by atoms with Gasteiger partial charge >= 0.3 is 0 Å². The molecule has 1 aromatic heterocycles. The van der Waals surface area contributed by atoms with E-state index in [4.69, 9.17) is 4.42 Å². The van der Waals surface area contributed by atoms with Gasteiger partial charge in [0.25, 0.3) is 0 Å². The standard InChI is InChI=1S/C19H35N5O3S.HI/c1-6-20-18(22-14-17-21-13-16(27-17)19(2,3)4)23-15-7-9-24(10-8-15)11-12-28(5,25)26;/h13,15H,6-12,14H2,1-5H3,(H2,20,22,23);1H. The molecule has 1 aromatic rings. The molecule has 0 bridgehead atoms. The molecule has 2 heterocycles. The molecule has 1 aliphatic rings. The van der Waals surface area contributed by atoms with Crippen molar-refractivity contribution in [2.24, 2.45) is 4.99 Å². The van der Waals surface area contributed by atoms with E-state index in [1.54, 1.807) is 6.20 Å². The van der Waals surface area contributed by atoms with E-state index in [9.17, 15) is 8.42 Å². The minimum absolute atomic E-state index is 0. The Morgan fingerprint density at radius 3 is 2.52 bits per heavy atom. The Labute approximate surface area is 192 Å². The van der Waals surface area contributed by atoms with Gasteiger partial charge in [-0.05, 0) is 19.8 Å². The van der Waals surface area contributed by atoms with Gasteiger partial charge in [-0.15, -0.1) is 24.0 Å². The summed E-state index contributed by atoms with van der Waals surface area (Å²) < 4.78 is 28.5. The second kappa shape index (κ2) is 11.5. The normalized spacial score (nSPS) is 17.1. The van der Waals surface area contributed by atoms with Crippen LogP contribution in [0.25, 0.3) is 0 Å². The van der Waals surface area contributed by atoms with Crippen LogP contribution in [0, 0.1) is 0 Å². The van der Waals surface area contributed by atoms with Gasteiger partial charge in [-0.2, -0.15) is 0 Å². The molecule has 0 amide bonds. The molecule has 8 nitrogen and oxygen atoms in total. The Morgan fingerprint density at radius 2 is 2.00 bits per heavy atom. The zero-order valence-electron chi connectivity index (χ0n) is 18.2. The van der Waals surface area contributed by atoms with Crippen LogP contribution >= 0.6 is 24.0 Å². The van der Waals surface area contributed by atoms with Crippen molar-refractivity contribution in [1.82, 2.24) is 20.5 Å². The number of nitrogens with zero attached hydrogens (tertiary/aromatic N) is 3. The summed E-state index contributed by atoms with van der Waals surface area (Å²) in [7, 11) is -2.91. The van der Waals surface area contributed by atoms with Crippen molar-refractivity contribution in [2.75, 3.05) is 38.2 Å². The van der Waals surface area contributed by atoms with E-state index in [0.717, 1.165) is 44.2 Å². The molecule has 0 unspecified atom stereocenters. The summed E-state index contributed by atoms with van der Waals surface area (Å²) in [6, 6.07) is 0.321. The van der Waals surface area contributed by atoms with Gasteiger partial charge in [-0.1, -0.05) is 20.8 Å². The summed E-state index contributed by atoms with van der Waals surface area (Å²) >= 11 is 0. The van der Waals surface area contributed by atoms with Crippen molar-refractivity contribution >= 4 is 39.8 Å². The average molecular weight is 542 g/mol. The number of rotatable bonds is 7. The molecule has 0 aromatic carbocycles.